The van der Waals surface area contributed by atoms with Crippen molar-refractivity contribution in [2.75, 3.05) is 13.2 Å². The number of carbonyl (C=O) groups excluding carboxylic acids is 2. The van der Waals surface area contributed by atoms with Crippen molar-refractivity contribution in [2.45, 2.75) is 109 Å². The van der Waals surface area contributed by atoms with Crippen molar-refractivity contribution in [3.05, 3.63) is 0 Å². The number of amides is 2. The van der Waals surface area contributed by atoms with Crippen LogP contribution in [0, 0.1) is 34.0 Å². The van der Waals surface area contributed by atoms with Crippen LogP contribution < -0.4 is 10.6 Å². The zero-order valence-electron chi connectivity index (χ0n) is 22.9. The smallest absolute Gasteiger partial charge is 0.226 e. The van der Waals surface area contributed by atoms with E-state index in [1.165, 1.54) is 0 Å². The number of hydrogen-bond donors (Lipinski definition) is 3. The van der Waals surface area contributed by atoms with Crippen LogP contribution in [0.3, 0.4) is 0 Å². The Labute approximate surface area is 193 Å². The standard InChI is InChI=1S/C14H29NO.C12H25NO2/c1-10(2)14(8,9-13(5,6)7)12(16)15-11(3)4;1-9(2)10(8-12(3,4)5)11(15)13-6-7-14/h10-11H,9H2,1-8H3,(H,15,16);9-10,14H,6-8H2,1-5H3,(H,13,15). The molecule has 0 aromatic carbocycles. The molecule has 0 saturated heterocycles. The summed E-state index contributed by atoms with van der Waals surface area (Å²) < 4.78 is 0. The number of nitrogens with one attached hydrogen (secondary N) is 2. The maximum absolute atomic E-state index is 12.3. The molecule has 0 aromatic heterocycles. The molecule has 3 N–H and O–H groups in total. The normalized spacial score (nSPS) is 15.3. The summed E-state index contributed by atoms with van der Waals surface area (Å²) in [5.74, 6) is 0.978. The van der Waals surface area contributed by atoms with E-state index in [2.05, 4.69) is 86.8 Å². The first kappa shape index (κ1) is 32.1. The Kier molecular flexibility index (Phi) is 13.9. The van der Waals surface area contributed by atoms with E-state index in [0.717, 1.165) is 12.8 Å². The molecule has 5 heteroatoms. The SMILES string of the molecule is CC(C)C(CC(C)(C)C)C(=O)NCCO.CC(C)NC(=O)C(C)(CC(C)(C)C)C(C)C. The maximum atomic E-state index is 12.3. The van der Waals surface area contributed by atoms with E-state index < -0.39 is 0 Å². The molecule has 2 amide bonds. The number of carbonyl (C=O) groups is 2. The van der Waals surface area contributed by atoms with Crippen LogP contribution in [0.15, 0.2) is 0 Å². The molecule has 0 aliphatic carbocycles. The van der Waals surface area contributed by atoms with E-state index in [1.807, 2.05) is 13.8 Å². The van der Waals surface area contributed by atoms with Gasteiger partial charge in [-0.05, 0) is 49.4 Å². The molecule has 0 saturated carbocycles. The molecule has 31 heavy (non-hydrogen) atoms. The molecule has 0 heterocycles. The second-order valence-electron chi connectivity index (χ2n) is 12.6. The predicted molar refractivity (Wildman–Crippen MR) is 133 cm³/mol. The Balaban J connectivity index is 0. The molecule has 2 unspecified atom stereocenters. The first-order valence-electron chi connectivity index (χ1n) is 12.0. The molecular weight excluding hydrogens is 388 g/mol. The Morgan fingerprint density at radius 3 is 1.61 bits per heavy atom. The molecule has 0 radical (unpaired) electrons. The quantitative estimate of drug-likeness (QED) is 0.446. The van der Waals surface area contributed by atoms with Gasteiger partial charge in [0.15, 0.2) is 0 Å². The van der Waals surface area contributed by atoms with Gasteiger partial charge in [0.2, 0.25) is 11.8 Å². The van der Waals surface area contributed by atoms with E-state index in [-0.39, 0.29) is 46.6 Å². The summed E-state index contributed by atoms with van der Waals surface area (Å²) in [6, 6.07) is 0.213. The van der Waals surface area contributed by atoms with E-state index in [0.29, 0.717) is 18.4 Å². The fourth-order valence-corrected chi connectivity index (χ4v) is 3.68. The van der Waals surface area contributed by atoms with Gasteiger partial charge in [0.25, 0.3) is 0 Å². The molecular formula is C26H54N2O3. The lowest BCUT2D eigenvalue weighted by atomic mass is 9.68. The van der Waals surface area contributed by atoms with Crippen LogP contribution in [0.5, 0.6) is 0 Å². The van der Waals surface area contributed by atoms with Gasteiger partial charge in [-0.3, -0.25) is 9.59 Å². The third-order valence-electron chi connectivity index (χ3n) is 5.50. The summed E-state index contributed by atoms with van der Waals surface area (Å²) >= 11 is 0. The lowest BCUT2D eigenvalue weighted by Gasteiger charge is -2.38. The second kappa shape index (κ2) is 13.4. The lowest BCUT2D eigenvalue weighted by molar-refractivity contribution is -0.135. The third kappa shape index (κ3) is 14.6. The van der Waals surface area contributed by atoms with Gasteiger partial charge in [0, 0.05) is 23.9 Å². The minimum absolute atomic E-state index is 0.00602. The summed E-state index contributed by atoms with van der Waals surface area (Å²) in [7, 11) is 0. The van der Waals surface area contributed by atoms with Crippen LogP contribution in [0.1, 0.15) is 103 Å². The van der Waals surface area contributed by atoms with Crippen molar-refractivity contribution < 1.29 is 14.7 Å². The zero-order chi connectivity index (χ0) is 25.2. The Hall–Kier alpha value is -1.10. The molecule has 0 aliphatic heterocycles. The average molecular weight is 443 g/mol. The monoisotopic (exact) mass is 442 g/mol. The first-order chi connectivity index (χ1) is 13.8. The van der Waals surface area contributed by atoms with Crippen LogP contribution in [-0.2, 0) is 9.59 Å². The van der Waals surface area contributed by atoms with E-state index in [4.69, 9.17) is 5.11 Å². The van der Waals surface area contributed by atoms with Gasteiger partial charge in [-0.2, -0.15) is 0 Å². The number of aliphatic hydroxyl groups is 1. The van der Waals surface area contributed by atoms with Crippen molar-refractivity contribution >= 4 is 11.8 Å². The summed E-state index contributed by atoms with van der Waals surface area (Å²) in [6.45, 7) is 27.8. The fourth-order valence-electron chi connectivity index (χ4n) is 3.68. The van der Waals surface area contributed by atoms with Crippen LogP contribution in [0.4, 0.5) is 0 Å². The zero-order valence-corrected chi connectivity index (χ0v) is 22.9. The van der Waals surface area contributed by atoms with Gasteiger partial charge in [-0.1, -0.05) is 76.2 Å². The van der Waals surface area contributed by atoms with Crippen molar-refractivity contribution in [3.63, 3.8) is 0 Å². The molecule has 186 valence electrons. The summed E-state index contributed by atoms with van der Waals surface area (Å²) in [4.78, 5) is 24.1. The molecule has 2 atom stereocenters. The predicted octanol–water partition coefficient (Wildman–Crippen LogP) is 5.41. The third-order valence-corrected chi connectivity index (χ3v) is 5.50. The molecule has 0 spiro atoms. The highest BCUT2D eigenvalue weighted by Crippen LogP contribution is 2.39. The highest BCUT2D eigenvalue weighted by Gasteiger charge is 2.39. The number of aliphatic hydroxyl groups excluding tert-OH is 1. The van der Waals surface area contributed by atoms with Gasteiger partial charge in [0.1, 0.15) is 0 Å². The molecule has 0 aliphatic rings. The highest BCUT2D eigenvalue weighted by molar-refractivity contribution is 5.82. The first-order valence-corrected chi connectivity index (χ1v) is 12.0. The maximum Gasteiger partial charge on any atom is 0.226 e. The number of rotatable bonds is 9. The number of hydrogen-bond acceptors (Lipinski definition) is 3. The van der Waals surface area contributed by atoms with E-state index in [1.54, 1.807) is 0 Å². The van der Waals surface area contributed by atoms with Crippen molar-refractivity contribution in [3.8, 4) is 0 Å². The Bertz CT molecular complexity index is 528. The van der Waals surface area contributed by atoms with Gasteiger partial charge < -0.3 is 15.7 Å². The lowest BCUT2D eigenvalue weighted by Crippen LogP contribution is -2.46. The van der Waals surface area contributed by atoms with Gasteiger partial charge in [-0.15, -0.1) is 0 Å². The molecule has 0 bridgehead atoms. The molecule has 0 fully saturated rings. The summed E-state index contributed by atoms with van der Waals surface area (Å²) in [5, 5.41) is 14.4. The molecule has 0 rings (SSSR count). The fraction of sp³-hybridized carbons (Fsp3) is 0.923. The van der Waals surface area contributed by atoms with Crippen molar-refractivity contribution in [1.29, 1.82) is 0 Å². The highest BCUT2D eigenvalue weighted by atomic mass is 16.3. The largest absolute Gasteiger partial charge is 0.395 e. The van der Waals surface area contributed by atoms with Crippen LogP contribution in [0.2, 0.25) is 0 Å². The van der Waals surface area contributed by atoms with Gasteiger partial charge in [-0.25, -0.2) is 0 Å². The summed E-state index contributed by atoms with van der Waals surface area (Å²) in [5.41, 5.74) is 0.0569. The van der Waals surface area contributed by atoms with E-state index in [9.17, 15) is 9.59 Å². The van der Waals surface area contributed by atoms with Crippen LogP contribution >= 0.6 is 0 Å². The van der Waals surface area contributed by atoms with Crippen LogP contribution in [0.25, 0.3) is 0 Å². The topological polar surface area (TPSA) is 78.4 Å². The second-order valence-corrected chi connectivity index (χ2v) is 12.6. The average Bonchev–Trinajstić information content (AvgIpc) is 2.54. The molecule has 5 nitrogen and oxygen atoms in total. The minimum atomic E-state index is -0.275. The van der Waals surface area contributed by atoms with Gasteiger partial charge in [0.05, 0.1) is 6.61 Å². The van der Waals surface area contributed by atoms with Crippen molar-refractivity contribution in [2.24, 2.45) is 34.0 Å². The Morgan fingerprint density at radius 1 is 0.839 bits per heavy atom. The van der Waals surface area contributed by atoms with E-state index >= 15 is 0 Å². The summed E-state index contributed by atoms with van der Waals surface area (Å²) in [6.07, 6.45) is 1.79. The Morgan fingerprint density at radius 2 is 1.32 bits per heavy atom. The molecule has 0 aromatic rings. The van der Waals surface area contributed by atoms with Gasteiger partial charge >= 0.3 is 0 Å². The van der Waals surface area contributed by atoms with Crippen molar-refractivity contribution in [1.82, 2.24) is 10.6 Å². The minimum Gasteiger partial charge on any atom is -0.395 e. The van der Waals surface area contributed by atoms with Crippen LogP contribution in [-0.4, -0.2) is 36.1 Å².